The van der Waals surface area contributed by atoms with Crippen molar-refractivity contribution in [3.8, 4) is 0 Å². The first-order valence-electron chi connectivity index (χ1n) is 8.00. The third-order valence-corrected chi connectivity index (χ3v) is 4.44. The van der Waals surface area contributed by atoms with Crippen LogP contribution in [0.15, 0.2) is 36.4 Å². The summed E-state index contributed by atoms with van der Waals surface area (Å²) in [6.07, 6.45) is 6.84. The molecule has 3 atom stereocenters. The van der Waals surface area contributed by atoms with Gasteiger partial charge in [0, 0.05) is 6.08 Å². The van der Waals surface area contributed by atoms with Crippen molar-refractivity contribution in [1.82, 2.24) is 0 Å². The van der Waals surface area contributed by atoms with Gasteiger partial charge in [-0.25, -0.2) is 4.79 Å². The molecule has 0 radical (unpaired) electrons. The summed E-state index contributed by atoms with van der Waals surface area (Å²) in [5.74, 6) is 1.49. The van der Waals surface area contributed by atoms with Crippen molar-refractivity contribution < 1.29 is 9.53 Å². The average Bonchev–Trinajstić information content (AvgIpc) is 2.46. The molecule has 21 heavy (non-hydrogen) atoms. The van der Waals surface area contributed by atoms with Crippen LogP contribution in [0.4, 0.5) is 0 Å². The van der Waals surface area contributed by atoms with E-state index < -0.39 is 0 Å². The Bertz CT molecular complexity index is 476. The van der Waals surface area contributed by atoms with Gasteiger partial charge in [-0.2, -0.15) is 0 Å². The van der Waals surface area contributed by atoms with Gasteiger partial charge in [-0.1, -0.05) is 57.5 Å². The summed E-state index contributed by atoms with van der Waals surface area (Å²) in [7, 11) is 0. The van der Waals surface area contributed by atoms with E-state index in [1.807, 2.05) is 36.4 Å². The molecule has 0 amide bonds. The van der Waals surface area contributed by atoms with Crippen molar-refractivity contribution in [1.29, 1.82) is 0 Å². The molecule has 0 unspecified atom stereocenters. The normalized spacial score (nSPS) is 26.2. The van der Waals surface area contributed by atoms with Crippen LogP contribution >= 0.6 is 0 Å². The maximum Gasteiger partial charge on any atom is 0.331 e. The fourth-order valence-electron chi connectivity index (χ4n) is 3.17. The number of hydrogen-bond donors (Lipinski definition) is 0. The number of carbonyl (C=O) groups excluding carboxylic acids is 1. The molecular formula is C19H26O2. The monoisotopic (exact) mass is 286 g/mol. The van der Waals surface area contributed by atoms with E-state index in [9.17, 15) is 4.79 Å². The summed E-state index contributed by atoms with van der Waals surface area (Å²) in [5, 5.41) is 0. The van der Waals surface area contributed by atoms with Crippen molar-refractivity contribution in [2.75, 3.05) is 0 Å². The summed E-state index contributed by atoms with van der Waals surface area (Å²) in [4.78, 5) is 12.1. The molecule has 0 N–H and O–H groups in total. The zero-order valence-corrected chi connectivity index (χ0v) is 13.3. The van der Waals surface area contributed by atoms with E-state index in [1.54, 1.807) is 6.08 Å². The van der Waals surface area contributed by atoms with Crippen LogP contribution in [0.3, 0.4) is 0 Å². The van der Waals surface area contributed by atoms with Crippen LogP contribution in [0.2, 0.25) is 0 Å². The molecular weight excluding hydrogens is 260 g/mol. The summed E-state index contributed by atoms with van der Waals surface area (Å²) in [6.45, 7) is 6.69. The molecule has 0 aliphatic heterocycles. The van der Waals surface area contributed by atoms with Crippen LogP contribution in [0, 0.1) is 17.8 Å². The molecule has 1 aromatic rings. The molecule has 0 aromatic heterocycles. The molecule has 1 saturated carbocycles. The highest BCUT2D eigenvalue weighted by molar-refractivity contribution is 5.87. The van der Waals surface area contributed by atoms with E-state index in [1.165, 1.54) is 12.8 Å². The van der Waals surface area contributed by atoms with E-state index in [4.69, 9.17) is 4.74 Å². The van der Waals surface area contributed by atoms with Crippen LogP contribution in [0.1, 0.15) is 45.6 Å². The molecule has 1 aromatic carbocycles. The van der Waals surface area contributed by atoms with Gasteiger partial charge in [0.2, 0.25) is 0 Å². The first kappa shape index (κ1) is 15.8. The standard InChI is InChI=1S/C19H26O2/c1-14(2)17-11-9-15(3)13-18(17)21-19(20)12-10-16-7-5-4-6-8-16/h4-8,10,12,14-15,17-18H,9,11,13H2,1-3H3/t15-,17+,18+/m0/s1. The molecule has 0 heterocycles. The van der Waals surface area contributed by atoms with E-state index in [-0.39, 0.29) is 12.1 Å². The third kappa shape index (κ3) is 4.73. The predicted octanol–water partition coefficient (Wildman–Crippen LogP) is 4.70. The molecule has 0 spiro atoms. The quantitative estimate of drug-likeness (QED) is 0.592. The van der Waals surface area contributed by atoms with Gasteiger partial charge in [0.1, 0.15) is 6.10 Å². The van der Waals surface area contributed by atoms with Gasteiger partial charge in [0.15, 0.2) is 0 Å². The lowest BCUT2D eigenvalue weighted by atomic mass is 9.75. The van der Waals surface area contributed by atoms with Crippen LogP contribution in [-0.4, -0.2) is 12.1 Å². The zero-order chi connectivity index (χ0) is 15.2. The molecule has 1 fully saturated rings. The Kier molecular flexibility index (Phi) is 5.60. The summed E-state index contributed by atoms with van der Waals surface area (Å²) < 4.78 is 5.73. The predicted molar refractivity (Wildman–Crippen MR) is 86.7 cm³/mol. The maximum atomic E-state index is 12.1. The molecule has 0 saturated heterocycles. The van der Waals surface area contributed by atoms with E-state index in [0.29, 0.717) is 17.8 Å². The van der Waals surface area contributed by atoms with Crippen LogP contribution in [0.25, 0.3) is 6.08 Å². The van der Waals surface area contributed by atoms with Crippen molar-refractivity contribution >= 4 is 12.0 Å². The molecule has 1 aliphatic carbocycles. The van der Waals surface area contributed by atoms with Crippen molar-refractivity contribution in [3.05, 3.63) is 42.0 Å². The largest absolute Gasteiger partial charge is 0.459 e. The second-order valence-electron chi connectivity index (χ2n) is 6.55. The highest BCUT2D eigenvalue weighted by Gasteiger charge is 2.32. The molecule has 2 rings (SSSR count). The van der Waals surface area contributed by atoms with Crippen molar-refractivity contribution in [3.63, 3.8) is 0 Å². The number of benzene rings is 1. The van der Waals surface area contributed by atoms with Crippen LogP contribution in [-0.2, 0) is 9.53 Å². The summed E-state index contributed by atoms with van der Waals surface area (Å²) in [5.41, 5.74) is 1.02. The lowest BCUT2D eigenvalue weighted by molar-refractivity contribution is -0.149. The lowest BCUT2D eigenvalue weighted by Crippen LogP contribution is -2.35. The van der Waals surface area contributed by atoms with E-state index in [0.717, 1.165) is 12.0 Å². The highest BCUT2D eigenvalue weighted by atomic mass is 16.5. The second-order valence-corrected chi connectivity index (χ2v) is 6.55. The van der Waals surface area contributed by atoms with Gasteiger partial charge in [-0.15, -0.1) is 0 Å². The third-order valence-electron chi connectivity index (χ3n) is 4.44. The van der Waals surface area contributed by atoms with Crippen LogP contribution in [0.5, 0.6) is 0 Å². The Morgan fingerprint density at radius 2 is 1.95 bits per heavy atom. The van der Waals surface area contributed by atoms with Gasteiger partial charge in [-0.3, -0.25) is 0 Å². The Morgan fingerprint density at radius 3 is 2.62 bits per heavy atom. The first-order chi connectivity index (χ1) is 10.1. The minimum atomic E-state index is -0.219. The number of ether oxygens (including phenoxy) is 1. The number of hydrogen-bond acceptors (Lipinski definition) is 2. The Balaban J connectivity index is 1.95. The van der Waals surface area contributed by atoms with Gasteiger partial charge in [0.25, 0.3) is 0 Å². The van der Waals surface area contributed by atoms with Crippen LogP contribution < -0.4 is 0 Å². The molecule has 2 nitrogen and oxygen atoms in total. The fourth-order valence-corrected chi connectivity index (χ4v) is 3.17. The van der Waals surface area contributed by atoms with Crippen molar-refractivity contribution in [2.24, 2.45) is 17.8 Å². The second kappa shape index (κ2) is 7.44. The smallest absolute Gasteiger partial charge is 0.331 e. The fraction of sp³-hybridized carbons (Fsp3) is 0.526. The minimum Gasteiger partial charge on any atom is -0.459 e. The first-order valence-corrected chi connectivity index (χ1v) is 8.00. The SMILES string of the molecule is CC(C)[C@H]1CC[C@H](C)C[C@H]1OC(=O)C=Cc1ccccc1. The summed E-state index contributed by atoms with van der Waals surface area (Å²) in [6, 6.07) is 9.84. The van der Waals surface area contributed by atoms with Gasteiger partial charge < -0.3 is 4.74 Å². The Morgan fingerprint density at radius 1 is 1.24 bits per heavy atom. The maximum absolute atomic E-state index is 12.1. The topological polar surface area (TPSA) is 26.3 Å². The summed E-state index contributed by atoms with van der Waals surface area (Å²) >= 11 is 0. The average molecular weight is 286 g/mol. The van der Waals surface area contributed by atoms with E-state index >= 15 is 0 Å². The van der Waals surface area contributed by atoms with Gasteiger partial charge >= 0.3 is 5.97 Å². The highest BCUT2D eigenvalue weighted by Crippen LogP contribution is 2.35. The number of carbonyl (C=O) groups is 1. The number of rotatable bonds is 4. The lowest BCUT2D eigenvalue weighted by Gasteiger charge is -2.36. The number of esters is 1. The Hall–Kier alpha value is -1.57. The zero-order valence-electron chi connectivity index (χ0n) is 13.3. The molecule has 2 heteroatoms. The minimum absolute atomic E-state index is 0.0710. The van der Waals surface area contributed by atoms with Gasteiger partial charge in [-0.05, 0) is 42.2 Å². The molecule has 114 valence electrons. The Labute approximate surface area is 128 Å². The molecule has 0 bridgehead atoms. The molecule has 1 aliphatic rings. The van der Waals surface area contributed by atoms with Crippen molar-refractivity contribution in [2.45, 2.75) is 46.1 Å². The van der Waals surface area contributed by atoms with Gasteiger partial charge in [0.05, 0.1) is 0 Å². The van der Waals surface area contributed by atoms with E-state index in [2.05, 4.69) is 20.8 Å².